The lowest BCUT2D eigenvalue weighted by atomic mass is 10.1. The number of hydrogen-bond donors (Lipinski definition) is 0. The highest BCUT2D eigenvalue weighted by Gasteiger charge is 2.24. The quantitative estimate of drug-likeness (QED) is 0.253. The van der Waals surface area contributed by atoms with Crippen LogP contribution < -0.4 is 4.74 Å². The third-order valence-corrected chi connectivity index (χ3v) is 6.98. The van der Waals surface area contributed by atoms with Gasteiger partial charge in [-0.2, -0.15) is 0 Å². The molecule has 2 aromatic carbocycles. The van der Waals surface area contributed by atoms with Gasteiger partial charge in [-0.05, 0) is 54.8 Å². The normalized spacial score (nSPS) is 13.6. The maximum absolute atomic E-state index is 13.7. The summed E-state index contributed by atoms with van der Waals surface area (Å²) in [7, 11) is 0. The van der Waals surface area contributed by atoms with Crippen LogP contribution in [0.4, 0.5) is 0 Å². The molecule has 1 saturated heterocycles. The summed E-state index contributed by atoms with van der Waals surface area (Å²) in [4.78, 5) is 33.2. The Labute approximate surface area is 237 Å². The third-order valence-electron chi connectivity index (χ3n) is 6.98. The number of unbranched alkanes of at least 4 members (excludes halogenated alkanes) is 1. The van der Waals surface area contributed by atoms with Gasteiger partial charge in [-0.3, -0.25) is 14.5 Å². The van der Waals surface area contributed by atoms with Crippen molar-refractivity contribution in [3.63, 3.8) is 0 Å². The predicted octanol–water partition coefficient (Wildman–Crippen LogP) is 4.85. The molecule has 1 aliphatic heterocycles. The zero-order valence-electron chi connectivity index (χ0n) is 23.5. The molecular weight excluding hydrogens is 506 g/mol. The SMILES string of the molecule is CCCCOc1ccc(C(=O)N(CCCN2CCOCC2)CC(=O)N(Cc2ccccc2)Cc2ccco2)cc1. The van der Waals surface area contributed by atoms with E-state index in [2.05, 4.69) is 11.8 Å². The second-order valence-corrected chi connectivity index (χ2v) is 10.1. The van der Waals surface area contributed by atoms with Gasteiger partial charge < -0.3 is 23.7 Å². The fourth-order valence-electron chi connectivity index (χ4n) is 4.66. The van der Waals surface area contributed by atoms with Crippen molar-refractivity contribution < 1.29 is 23.5 Å². The lowest BCUT2D eigenvalue weighted by molar-refractivity contribution is -0.133. The van der Waals surface area contributed by atoms with Crippen LogP contribution in [0.25, 0.3) is 0 Å². The summed E-state index contributed by atoms with van der Waals surface area (Å²) < 4.78 is 16.8. The van der Waals surface area contributed by atoms with Gasteiger partial charge in [0.25, 0.3) is 5.91 Å². The smallest absolute Gasteiger partial charge is 0.254 e. The van der Waals surface area contributed by atoms with Gasteiger partial charge in [-0.15, -0.1) is 0 Å². The van der Waals surface area contributed by atoms with Crippen molar-refractivity contribution in [1.29, 1.82) is 0 Å². The second-order valence-electron chi connectivity index (χ2n) is 10.1. The van der Waals surface area contributed by atoms with Crippen molar-refractivity contribution in [1.82, 2.24) is 14.7 Å². The monoisotopic (exact) mass is 547 g/mol. The van der Waals surface area contributed by atoms with E-state index >= 15 is 0 Å². The zero-order chi connectivity index (χ0) is 28.0. The average molecular weight is 548 g/mol. The maximum atomic E-state index is 13.7. The number of nitrogens with zero attached hydrogens (tertiary/aromatic N) is 3. The number of benzene rings is 2. The molecule has 0 radical (unpaired) electrons. The Hall–Kier alpha value is -3.62. The van der Waals surface area contributed by atoms with Crippen molar-refractivity contribution in [3.8, 4) is 5.75 Å². The standard InChI is InChI=1S/C32H41N3O5/c1-2-3-20-39-29-14-12-28(13-15-29)32(37)34(17-8-16-33-18-22-38-23-19-33)26-31(36)35(25-30-11-7-21-40-30)24-27-9-5-4-6-10-27/h4-7,9-15,21H,2-3,8,16-20,22-26H2,1H3. The predicted molar refractivity (Wildman–Crippen MR) is 154 cm³/mol. The van der Waals surface area contributed by atoms with Crippen molar-refractivity contribution in [2.45, 2.75) is 39.3 Å². The Bertz CT molecular complexity index is 1150. The molecule has 8 heteroatoms. The second kappa shape index (κ2) is 15.8. The Morgan fingerprint density at radius 3 is 2.38 bits per heavy atom. The first-order valence-corrected chi connectivity index (χ1v) is 14.3. The van der Waals surface area contributed by atoms with Crippen LogP contribution >= 0.6 is 0 Å². The third kappa shape index (κ3) is 9.24. The van der Waals surface area contributed by atoms with E-state index in [9.17, 15) is 9.59 Å². The van der Waals surface area contributed by atoms with Crippen LogP contribution in [0.2, 0.25) is 0 Å². The molecule has 2 amide bonds. The van der Waals surface area contributed by atoms with Crippen molar-refractivity contribution in [3.05, 3.63) is 89.9 Å². The molecule has 0 aliphatic carbocycles. The van der Waals surface area contributed by atoms with Gasteiger partial charge in [0.2, 0.25) is 5.91 Å². The summed E-state index contributed by atoms with van der Waals surface area (Å²) in [5.41, 5.74) is 1.56. The van der Waals surface area contributed by atoms with E-state index in [-0.39, 0.29) is 18.4 Å². The van der Waals surface area contributed by atoms with Crippen LogP contribution in [-0.4, -0.2) is 79.1 Å². The van der Waals surface area contributed by atoms with Gasteiger partial charge in [0.15, 0.2) is 0 Å². The van der Waals surface area contributed by atoms with Gasteiger partial charge in [0, 0.05) is 38.3 Å². The van der Waals surface area contributed by atoms with E-state index in [1.165, 1.54) is 0 Å². The molecule has 1 fully saturated rings. The Morgan fingerprint density at radius 1 is 0.900 bits per heavy atom. The van der Waals surface area contributed by atoms with Crippen molar-refractivity contribution in [2.24, 2.45) is 0 Å². The number of rotatable bonds is 15. The maximum Gasteiger partial charge on any atom is 0.254 e. The van der Waals surface area contributed by atoms with Crippen LogP contribution in [0, 0.1) is 0 Å². The highest BCUT2D eigenvalue weighted by molar-refractivity contribution is 5.96. The highest BCUT2D eigenvalue weighted by Crippen LogP contribution is 2.16. The average Bonchev–Trinajstić information content (AvgIpc) is 3.51. The summed E-state index contributed by atoms with van der Waals surface area (Å²) in [5.74, 6) is 1.16. The molecule has 4 rings (SSSR count). The topological polar surface area (TPSA) is 75.5 Å². The molecular formula is C32H41N3O5. The largest absolute Gasteiger partial charge is 0.494 e. The molecule has 214 valence electrons. The number of furan rings is 1. The number of ether oxygens (including phenoxy) is 2. The van der Waals surface area contributed by atoms with E-state index in [1.807, 2.05) is 54.6 Å². The lowest BCUT2D eigenvalue weighted by Crippen LogP contribution is -2.44. The van der Waals surface area contributed by atoms with Gasteiger partial charge in [-0.1, -0.05) is 43.7 Å². The molecule has 0 spiro atoms. The number of hydrogen-bond acceptors (Lipinski definition) is 6. The molecule has 0 bridgehead atoms. The Kier molecular flexibility index (Phi) is 11.6. The Balaban J connectivity index is 1.46. The zero-order valence-corrected chi connectivity index (χ0v) is 23.5. The first-order valence-electron chi connectivity index (χ1n) is 14.3. The number of morpholine rings is 1. The van der Waals surface area contributed by atoms with Gasteiger partial charge in [-0.25, -0.2) is 0 Å². The van der Waals surface area contributed by atoms with Crippen LogP contribution in [0.5, 0.6) is 5.75 Å². The van der Waals surface area contributed by atoms with Crippen molar-refractivity contribution in [2.75, 3.05) is 52.5 Å². The van der Waals surface area contributed by atoms with E-state index in [4.69, 9.17) is 13.9 Å². The first-order chi connectivity index (χ1) is 19.6. The Morgan fingerprint density at radius 2 is 1.68 bits per heavy atom. The van der Waals surface area contributed by atoms with E-state index in [0.717, 1.165) is 63.4 Å². The fraction of sp³-hybridized carbons (Fsp3) is 0.438. The molecule has 0 atom stereocenters. The van der Waals surface area contributed by atoms with Crippen LogP contribution in [-0.2, 0) is 22.6 Å². The van der Waals surface area contributed by atoms with E-state index < -0.39 is 0 Å². The highest BCUT2D eigenvalue weighted by atomic mass is 16.5. The minimum absolute atomic E-state index is 0.00968. The van der Waals surface area contributed by atoms with Crippen molar-refractivity contribution >= 4 is 11.8 Å². The molecule has 0 N–H and O–H groups in total. The molecule has 1 aromatic heterocycles. The molecule has 0 unspecified atom stereocenters. The van der Waals surface area contributed by atoms with Gasteiger partial charge in [0.05, 0.1) is 32.6 Å². The van der Waals surface area contributed by atoms with Gasteiger partial charge in [0.1, 0.15) is 18.1 Å². The number of carbonyl (C=O) groups is 2. The number of carbonyl (C=O) groups excluding carboxylic acids is 2. The summed E-state index contributed by atoms with van der Waals surface area (Å²) in [6, 6.07) is 20.8. The minimum Gasteiger partial charge on any atom is -0.494 e. The lowest BCUT2D eigenvalue weighted by Gasteiger charge is -2.30. The van der Waals surface area contributed by atoms with Crippen LogP contribution in [0.15, 0.2) is 77.4 Å². The molecule has 1 aliphatic rings. The summed E-state index contributed by atoms with van der Waals surface area (Å²) >= 11 is 0. The summed E-state index contributed by atoms with van der Waals surface area (Å²) in [6.07, 6.45) is 4.42. The molecule has 2 heterocycles. The first kappa shape index (κ1) is 29.4. The minimum atomic E-state index is -0.159. The molecule has 8 nitrogen and oxygen atoms in total. The summed E-state index contributed by atoms with van der Waals surface area (Å²) in [6.45, 7) is 8.10. The van der Waals surface area contributed by atoms with E-state index in [0.29, 0.717) is 37.6 Å². The number of amides is 2. The van der Waals surface area contributed by atoms with Gasteiger partial charge >= 0.3 is 0 Å². The van der Waals surface area contributed by atoms with Crippen LogP contribution in [0.1, 0.15) is 47.9 Å². The fourth-order valence-corrected chi connectivity index (χ4v) is 4.66. The molecule has 0 saturated carbocycles. The molecule has 40 heavy (non-hydrogen) atoms. The van der Waals surface area contributed by atoms with Crippen LogP contribution in [0.3, 0.4) is 0 Å². The molecule has 3 aromatic rings. The summed E-state index contributed by atoms with van der Waals surface area (Å²) in [5, 5.41) is 0. The van der Waals surface area contributed by atoms with E-state index in [1.54, 1.807) is 28.2 Å².